The minimum absolute atomic E-state index is 0. The maximum absolute atomic E-state index is 15.4. The molecule has 48 heteroatoms. The number of anilines is 1. The SMILES string of the molecule is Br.CCN(Cc1ccccc1)c1ccccc1.CC[NH+](Cc1ccccc1)c1ccccc1.CC[NH+](Cc1ccccc1)c1ccccc1.Fc1c(F)c(F)c([B-](c2c(F)c(F)c(F)c(F)c2F)(c2c(F)c(F)c(F)c(F)c2F)c2c(F)c(F)c(F)c(F)c2F)c(F)c1F.Fc1c(F)c(F)c([B-](c2c(F)c(F)c(F)c(F)c2F)(c2c(F)c(F)c(F)c(F)c2F)c2c(F)c(F)c(F)c(F)c2F)c(F)c1F.[Br-].[Na+]. The van der Waals surface area contributed by atoms with Crippen molar-refractivity contribution in [1.29, 1.82) is 0 Å². The normalized spacial score (nSPS) is 11.6. The molecular formula is C93H54B2Br2F40N3Na. The summed E-state index contributed by atoms with van der Waals surface area (Å²) in [6.07, 6.45) is -14.4. The van der Waals surface area contributed by atoms with Crippen molar-refractivity contribution >= 4 is 90.0 Å². The number of hydrogen-bond donors (Lipinski definition) is 2. The molecule has 0 aliphatic rings. The zero-order valence-corrected chi connectivity index (χ0v) is 76.4. The van der Waals surface area contributed by atoms with Crippen LogP contribution in [0.1, 0.15) is 37.5 Å². The van der Waals surface area contributed by atoms with E-state index in [-0.39, 0.29) is 63.5 Å². The molecule has 3 nitrogen and oxygen atoms in total. The van der Waals surface area contributed by atoms with E-state index in [9.17, 15) is 105 Å². The third-order valence-electron chi connectivity index (χ3n) is 21.9. The molecule has 0 amide bonds. The smallest absolute Gasteiger partial charge is 1.00 e. The number of halogens is 42. The Morgan fingerprint density at radius 1 is 0.191 bits per heavy atom. The molecule has 0 bridgehead atoms. The third kappa shape index (κ3) is 21.7. The van der Waals surface area contributed by atoms with Crippen LogP contribution in [-0.4, -0.2) is 31.9 Å². The molecule has 14 rings (SSSR count). The first-order chi connectivity index (χ1) is 65.1. The van der Waals surface area contributed by atoms with Crippen LogP contribution in [0, 0.1) is 233 Å². The zero-order valence-electron chi connectivity index (χ0n) is 71.1. The largest absolute Gasteiger partial charge is 1.00 e. The van der Waals surface area contributed by atoms with Crippen molar-refractivity contribution in [1.82, 2.24) is 0 Å². The molecule has 14 aromatic carbocycles. The molecule has 0 aliphatic heterocycles. The Kier molecular flexibility index (Phi) is 39.7. The van der Waals surface area contributed by atoms with Gasteiger partial charge in [0, 0.05) is 29.9 Å². The Morgan fingerprint density at radius 2 is 0.326 bits per heavy atom. The summed E-state index contributed by atoms with van der Waals surface area (Å²) in [4.78, 5) is 5.38. The van der Waals surface area contributed by atoms with Crippen molar-refractivity contribution in [3.05, 3.63) is 431 Å². The number of benzene rings is 14. The predicted octanol–water partition coefficient (Wildman–Crippen LogP) is 14.8. The van der Waals surface area contributed by atoms with E-state index in [1.807, 2.05) is 0 Å². The Balaban J connectivity index is 0.000000259. The summed E-state index contributed by atoms with van der Waals surface area (Å²) in [6, 6.07) is 63.8. The van der Waals surface area contributed by atoms with Crippen LogP contribution in [-0.2, 0) is 19.6 Å². The third-order valence-corrected chi connectivity index (χ3v) is 21.9. The number of nitrogens with zero attached hydrogens (tertiary/aromatic N) is 1. The molecule has 0 fully saturated rings. The van der Waals surface area contributed by atoms with Crippen molar-refractivity contribution in [3.63, 3.8) is 0 Å². The summed E-state index contributed by atoms with van der Waals surface area (Å²) in [6.45, 7) is 13.0. The average Bonchev–Trinajstić information content (AvgIpc) is 0.683. The molecule has 0 spiro atoms. The van der Waals surface area contributed by atoms with E-state index in [0.29, 0.717) is 0 Å². The number of nitrogens with one attached hydrogen (secondary N) is 2. The van der Waals surface area contributed by atoms with Crippen molar-refractivity contribution in [2.75, 3.05) is 24.5 Å². The molecular weight excluding hydrogens is 2120 g/mol. The molecule has 141 heavy (non-hydrogen) atoms. The molecule has 742 valence electrons. The molecule has 14 aromatic rings. The van der Waals surface area contributed by atoms with Gasteiger partial charge >= 0.3 is 29.6 Å². The quantitative estimate of drug-likeness (QED) is 0.0335. The van der Waals surface area contributed by atoms with Gasteiger partial charge in [-0.05, 0) is 62.7 Å². The monoisotopic (exact) mass is 2180 g/mol. The van der Waals surface area contributed by atoms with Crippen LogP contribution < -0.4 is 105 Å². The molecule has 0 saturated carbocycles. The van der Waals surface area contributed by atoms with Crippen molar-refractivity contribution in [2.45, 2.75) is 40.4 Å². The second kappa shape index (κ2) is 48.2. The van der Waals surface area contributed by atoms with Crippen LogP contribution in [0.3, 0.4) is 0 Å². The van der Waals surface area contributed by atoms with E-state index in [0.717, 1.165) is 39.3 Å². The van der Waals surface area contributed by atoms with Gasteiger partial charge in [0.15, 0.2) is 140 Å². The Bertz CT molecular complexity index is 5640. The van der Waals surface area contributed by atoms with Gasteiger partial charge in [-0.2, -0.15) is 0 Å². The fourth-order valence-corrected chi connectivity index (χ4v) is 15.5. The van der Waals surface area contributed by atoms with Crippen molar-refractivity contribution in [2.24, 2.45) is 0 Å². The molecule has 0 saturated heterocycles. The van der Waals surface area contributed by atoms with Gasteiger partial charge in [0.2, 0.25) is 0 Å². The van der Waals surface area contributed by atoms with E-state index in [1.54, 1.807) is 0 Å². The Morgan fingerprint density at radius 3 is 0.475 bits per heavy atom. The van der Waals surface area contributed by atoms with Crippen LogP contribution in [0.5, 0.6) is 0 Å². The van der Waals surface area contributed by atoms with E-state index < -0.39 is 289 Å². The summed E-state index contributed by atoms with van der Waals surface area (Å²) in [5, 5.41) is 0. The number of quaternary nitrogens is 2. The second-order valence-electron chi connectivity index (χ2n) is 29.4. The summed E-state index contributed by atoms with van der Waals surface area (Å²) in [7, 11) is 0. The summed E-state index contributed by atoms with van der Waals surface area (Å²) in [5.41, 5.74) is -20.5. The summed E-state index contributed by atoms with van der Waals surface area (Å²) >= 11 is 0. The van der Waals surface area contributed by atoms with E-state index in [1.165, 1.54) is 43.6 Å². The van der Waals surface area contributed by atoms with E-state index in [4.69, 9.17) is 0 Å². The van der Waals surface area contributed by atoms with Crippen LogP contribution >= 0.6 is 17.0 Å². The van der Waals surface area contributed by atoms with Gasteiger partial charge in [0.05, 0.1) is 13.1 Å². The predicted molar refractivity (Wildman–Crippen MR) is 434 cm³/mol. The summed E-state index contributed by atoms with van der Waals surface area (Å²) in [5.74, 6) is -143. The minimum Gasteiger partial charge on any atom is -1.00 e. The zero-order chi connectivity index (χ0) is 102. The van der Waals surface area contributed by atoms with Crippen LogP contribution in [0.2, 0.25) is 0 Å². The van der Waals surface area contributed by atoms with Gasteiger partial charge in [-0.3, -0.25) is 9.80 Å². The molecule has 0 aromatic heterocycles. The maximum atomic E-state index is 15.4. The van der Waals surface area contributed by atoms with Gasteiger partial charge in [0.25, 0.3) is 0 Å². The molecule has 0 heterocycles. The number of para-hydroxylation sites is 3. The van der Waals surface area contributed by atoms with E-state index in [2.05, 4.69) is 208 Å². The molecule has 2 N–H and O–H groups in total. The van der Waals surface area contributed by atoms with Gasteiger partial charge < -0.3 is 21.9 Å². The fourth-order valence-electron chi connectivity index (χ4n) is 15.5. The van der Waals surface area contributed by atoms with Crippen molar-refractivity contribution < 1.29 is 232 Å². The van der Waals surface area contributed by atoms with Gasteiger partial charge in [-0.1, -0.05) is 146 Å². The number of hydrogen-bond acceptors (Lipinski definition) is 1. The fraction of sp³-hybridized carbons (Fsp3) is 0.0968. The molecule has 2 atom stereocenters. The van der Waals surface area contributed by atoms with Crippen LogP contribution in [0.25, 0.3) is 0 Å². The van der Waals surface area contributed by atoms with E-state index >= 15 is 70.2 Å². The average molecular weight is 2180 g/mol. The molecule has 0 radical (unpaired) electrons. The topological polar surface area (TPSA) is 12.1 Å². The standard InChI is InChI=1S/2C24BF20.3C15H17N.2BrH.Na/c2*26-5-1(6(27)14(35)21(42)13(5)34)25(2-7(28)15(36)22(43)16(37)8(2)29,3-9(30)17(38)23(44)18(39)10(3)31)4-11(32)19(40)24(45)20(41)12(4)33;3*1-2-16(15-11-7-4-8-12-15)13-14-9-5-3-6-10-14;;;/h;;3*3-12H,2,13H2,1H3;2*1H;/q2*-1;;;;;;+1/p+1. The second-order valence-corrected chi connectivity index (χ2v) is 29.4. The first kappa shape index (κ1) is 116. The van der Waals surface area contributed by atoms with Crippen LogP contribution in [0.4, 0.5) is 193 Å². The maximum Gasteiger partial charge on any atom is 1.00 e. The molecule has 2 unspecified atom stereocenters. The first-order valence-electron chi connectivity index (χ1n) is 39.3. The Labute approximate surface area is 813 Å². The first-order valence-corrected chi connectivity index (χ1v) is 39.3. The van der Waals surface area contributed by atoms with Gasteiger partial charge in [-0.25, -0.2) is 176 Å². The summed E-state index contributed by atoms with van der Waals surface area (Å²) < 4.78 is 588. The van der Waals surface area contributed by atoms with Gasteiger partial charge in [0.1, 0.15) is 130 Å². The van der Waals surface area contributed by atoms with Gasteiger partial charge in [-0.15, -0.1) is 60.7 Å². The van der Waals surface area contributed by atoms with Crippen molar-refractivity contribution in [3.8, 4) is 0 Å². The van der Waals surface area contributed by atoms with Crippen LogP contribution in [0.15, 0.2) is 182 Å². The molecule has 0 aliphatic carbocycles. The Hall–Kier alpha value is -11.9. The number of rotatable bonds is 20. The minimum atomic E-state index is -7.22.